The number of ether oxygens (including phenoxy) is 1. The van der Waals surface area contributed by atoms with Gasteiger partial charge < -0.3 is 9.64 Å². The SMILES string of the molecule is Cc1nn(C)c(C)c1OCC(=O)N1C[C@@H]2CCCC[C@]21c1ccccc1. The highest BCUT2D eigenvalue weighted by atomic mass is 16.5. The first kappa shape index (κ1) is 17.1. The normalized spacial score (nSPS) is 24.7. The Bertz CT molecular complexity index is 814. The highest BCUT2D eigenvalue weighted by Crippen LogP contribution is 2.53. The topological polar surface area (TPSA) is 47.4 Å². The van der Waals surface area contributed by atoms with Crippen molar-refractivity contribution in [1.29, 1.82) is 0 Å². The molecule has 0 bridgehead atoms. The van der Waals surface area contributed by atoms with E-state index in [4.69, 9.17) is 4.74 Å². The van der Waals surface area contributed by atoms with E-state index in [1.54, 1.807) is 4.68 Å². The van der Waals surface area contributed by atoms with Gasteiger partial charge in [-0.3, -0.25) is 9.48 Å². The lowest BCUT2D eigenvalue weighted by Gasteiger charge is -2.61. The van der Waals surface area contributed by atoms with Crippen LogP contribution in [0.2, 0.25) is 0 Å². The maximum Gasteiger partial charge on any atom is 0.261 e. The van der Waals surface area contributed by atoms with Crippen molar-refractivity contribution in [2.45, 2.75) is 45.1 Å². The van der Waals surface area contributed by atoms with Gasteiger partial charge in [-0.25, -0.2) is 0 Å². The highest BCUT2D eigenvalue weighted by Gasteiger charge is 2.56. The van der Waals surface area contributed by atoms with Crippen LogP contribution in [0.3, 0.4) is 0 Å². The van der Waals surface area contributed by atoms with Gasteiger partial charge in [-0.2, -0.15) is 5.10 Å². The number of carbonyl (C=O) groups excluding carboxylic acids is 1. The number of nitrogens with zero attached hydrogens (tertiary/aromatic N) is 3. The summed E-state index contributed by atoms with van der Waals surface area (Å²) in [5.74, 6) is 1.38. The third-order valence-electron chi connectivity index (χ3n) is 6.28. The average molecular weight is 353 g/mol. The number of fused-ring (bicyclic) bond motifs is 1. The standard InChI is InChI=1S/C21H27N3O2/c1-15-20(16(2)23(3)22-15)26-14-19(25)24-13-18-11-7-8-12-21(18,24)17-9-5-4-6-10-17/h4-6,9-10,18H,7-8,11-14H2,1-3H3/t18-,21-/m0/s1. The molecule has 2 aromatic rings. The van der Waals surface area contributed by atoms with E-state index in [0.29, 0.717) is 5.92 Å². The van der Waals surface area contributed by atoms with Crippen molar-refractivity contribution < 1.29 is 9.53 Å². The van der Waals surface area contributed by atoms with Crippen LogP contribution < -0.4 is 4.74 Å². The fourth-order valence-electron chi connectivity index (χ4n) is 4.86. The largest absolute Gasteiger partial charge is 0.480 e. The highest BCUT2D eigenvalue weighted by molar-refractivity contribution is 5.80. The van der Waals surface area contributed by atoms with Crippen molar-refractivity contribution in [3.63, 3.8) is 0 Å². The van der Waals surface area contributed by atoms with Crippen LogP contribution in [0.15, 0.2) is 30.3 Å². The second-order valence-electron chi connectivity index (χ2n) is 7.65. The van der Waals surface area contributed by atoms with Gasteiger partial charge in [0, 0.05) is 19.5 Å². The van der Waals surface area contributed by atoms with E-state index in [2.05, 4.69) is 34.3 Å². The molecule has 2 heterocycles. The van der Waals surface area contributed by atoms with Crippen LogP contribution >= 0.6 is 0 Å². The smallest absolute Gasteiger partial charge is 0.261 e. The van der Waals surface area contributed by atoms with E-state index < -0.39 is 0 Å². The average Bonchev–Trinajstić information content (AvgIpc) is 2.87. The molecule has 4 rings (SSSR count). The molecule has 1 saturated carbocycles. The fraction of sp³-hybridized carbons (Fsp3) is 0.524. The van der Waals surface area contributed by atoms with Crippen LogP contribution in [0.25, 0.3) is 0 Å². The molecule has 1 aliphatic heterocycles. The lowest BCUT2D eigenvalue weighted by atomic mass is 9.61. The Morgan fingerprint density at radius 3 is 2.69 bits per heavy atom. The molecule has 138 valence electrons. The molecule has 1 aromatic carbocycles. The summed E-state index contributed by atoms with van der Waals surface area (Å²) in [6, 6.07) is 10.5. The van der Waals surface area contributed by atoms with E-state index in [9.17, 15) is 4.79 Å². The number of likely N-dealkylation sites (tertiary alicyclic amines) is 1. The number of hydrogen-bond acceptors (Lipinski definition) is 3. The van der Waals surface area contributed by atoms with Crippen LogP contribution in [-0.2, 0) is 17.4 Å². The lowest BCUT2D eigenvalue weighted by Crippen LogP contribution is -2.68. The predicted octanol–water partition coefficient (Wildman–Crippen LogP) is 3.34. The van der Waals surface area contributed by atoms with Crippen LogP contribution in [0.5, 0.6) is 5.75 Å². The zero-order chi connectivity index (χ0) is 18.3. The summed E-state index contributed by atoms with van der Waals surface area (Å²) in [6.07, 6.45) is 4.71. The molecule has 0 N–H and O–H groups in total. The minimum absolute atomic E-state index is 0.0781. The summed E-state index contributed by atoms with van der Waals surface area (Å²) < 4.78 is 7.69. The van der Waals surface area contributed by atoms with E-state index in [1.807, 2.05) is 27.0 Å². The fourth-order valence-corrected chi connectivity index (χ4v) is 4.86. The Hall–Kier alpha value is -2.30. The van der Waals surface area contributed by atoms with Crippen molar-refractivity contribution in [3.8, 4) is 5.75 Å². The second kappa shape index (κ2) is 6.45. The first-order valence-electron chi connectivity index (χ1n) is 9.53. The van der Waals surface area contributed by atoms with Gasteiger partial charge in [-0.1, -0.05) is 43.2 Å². The molecular formula is C21H27N3O2. The zero-order valence-corrected chi connectivity index (χ0v) is 15.9. The minimum Gasteiger partial charge on any atom is -0.480 e. The third-order valence-corrected chi connectivity index (χ3v) is 6.28. The van der Waals surface area contributed by atoms with Crippen molar-refractivity contribution in [2.24, 2.45) is 13.0 Å². The third kappa shape index (κ3) is 2.52. The van der Waals surface area contributed by atoms with Gasteiger partial charge in [-0.15, -0.1) is 0 Å². The summed E-state index contributed by atoms with van der Waals surface area (Å²) in [5, 5.41) is 4.36. The number of rotatable bonds is 4. The Balaban J connectivity index is 1.54. The molecule has 0 unspecified atom stereocenters. The van der Waals surface area contributed by atoms with Gasteiger partial charge >= 0.3 is 0 Å². The van der Waals surface area contributed by atoms with E-state index in [1.165, 1.54) is 24.8 Å². The number of aromatic nitrogens is 2. The van der Waals surface area contributed by atoms with E-state index >= 15 is 0 Å². The molecule has 0 spiro atoms. The monoisotopic (exact) mass is 353 g/mol. The van der Waals surface area contributed by atoms with Gasteiger partial charge in [0.1, 0.15) is 5.69 Å². The van der Waals surface area contributed by atoms with Crippen molar-refractivity contribution >= 4 is 5.91 Å². The van der Waals surface area contributed by atoms with Crippen LogP contribution in [0, 0.1) is 19.8 Å². The molecule has 1 aromatic heterocycles. The van der Waals surface area contributed by atoms with Gasteiger partial charge in [0.05, 0.1) is 11.2 Å². The lowest BCUT2D eigenvalue weighted by molar-refractivity contribution is -0.168. The van der Waals surface area contributed by atoms with Crippen LogP contribution in [-0.4, -0.2) is 33.7 Å². The molecule has 5 nitrogen and oxygen atoms in total. The summed E-state index contributed by atoms with van der Waals surface area (Å²) in [7, 11) is 1.89. The van der Waals surface area contributed by atoms with Crippen molar-refractivity contribution in [2.75, 3.05) is 13.2 Å². The summed E-state index contributed by atoms with van der Waals surface area (Å²) >= 11 is 0. The van der Waals surface area contributed by atoms with Gasteiger partial charge in [0.25, 0.3) is 5.91 Å². The quantitative estimate of drug-likeness (QED) is 0.847. The minimum atomic E-state index is -0.126. The molecule has 1 aliphatic carbocycles. The molecule has 1 amide bonds. The predicted molar refractivity (Wildman–Crippen MR) is 100.0 cm³/mol. The molecule has 2 fully saturated rings. The number of aryl methyl sites for hydroxylation is 2. The summed E-state index contributed by atoms with van der Waals surface area (Å²) in [6.45, 7) is 4.81. The second-order valence-corrected chi connectivity index (χ2v) is 7.65. The first-order valence-corrected chi connectivity index (χ1v) is 9.53. The van der Waals surface area contributed by atoms with Gasteiger partial charge in [-0.05, 0) is 32.3 Å². The molecular weight excluding hydrogens is 326 g/mol. The number of hydrogen-bond donors (Lipinski definition) is 0. The Labute approximate surface area is 154 Å². The molecule has 5 heteroatoms. The molecule has 2 aliphatic rings. The maximum atomic E-state index is 13.0. The number of amides is 1. The molecule has 1 saturated heterocycles. The summed E-state index contributed by atoms with van der Waals surface area (Å²) in [5.41, 5.74) is 2.93. The Morgan fingerprint density at radius 1 is 1.27 bits per heavy atom. The molecule has 0 radical (unpaired) electrons. The zero-order valence-electron chi connectivity index (χ0n) is 15.9. The summed E-state index contributed by atoms with van der Waals surface area (Å²) in [4.78, 5) is 15.1. The van der Waals surface area contributed by atoms with E-state index in [0.717, 1.165) is 30.1 Å². The van der Waals surface area contributed by atoms with Gasteiger partial charge in [0.2, 0.25) is 0 Å². The van der Waals surface area contributed by atoms with Crippen LogP contribution in [0.1, 0.15) is 42.6 Å². The number of carbonyl (C=O) groups is 1. The van der Waals surface area contributed by atoms with Crippen molar-refractivity contribution in [1.82, 2.24) is 14.7 Å². The molecule has 2 atom stereocenters. The van der Waals surface area contributed by atoms with Gasteiger partial charge in [0.15, 0.2) is 12.4 Å². The molecule has 26 heavy (non-hydrogen) atoms. The van der Waals surface area contributed by atoms with Crippen molar-refractivity contribution in [3.05, 3.63) is 47.3 Å². The maximum absolute atomic E-state index is 13.0. The van der Waals surface area contributed by atoms with Crippen LogP contribution in [0.4, 0.5) is 0 Å². The Morgan fingerprint density at radius 2 is 2.04 bits per heavy atom. The Kier molecular flexibility index (Phi) is 4.25. The number of benzene rings is 1. The first-order chi connectivity index (χ1) is 12.5. The van der Waals surface area contributed by atoms with E-state index in [-0.39, 0.29) is 18.1 Å².